The summed E-state index contributed by atoms with van der Waals surface area (Å²) < 4.78 is 10.6. The maximum absolute atomic E-state index is 12.6. The summed E-state index contributed by atoms with van der Waals surface area (Å²) in [6.07, 6.45) is 2.94. The fraction of sp³-hybridized carbons (Fsp3) is 0.0526. The van der Waals surface area contributed by atoms with Gasteiger partial charge in [-0.1, -0.05) is 18.2 Å². The highest BCUT2D eigenvalue weighted by molar-refractivity contribution is 7.14. The number of rotatable bonds is 5. The summed E-state index contributed by atoms with van der Waals surface area (Å²) in [6, 6.07) is 10.7. The van der Waals surface area contributed by atoms with Gasteiger partial charge in [0.25, 0.3) is 0 Å². The van der Waals surface area contributed by atoms with E-state index in [1.807, 2.05) is 18.2 Å². The van der Waals surface area contributed by atoms with Crippen LogP contribution in [0.2, 0.25) is 0 Å². The SMILES string of the molecule is O=C(Cc1csc(-c2ccoc2)c1C(=O)O)c1cc2ccccc2o1. The Morgan fingerprint density at radius 3 is 2.72 bits per heavy atom. The number of fused-ring (bicyclic) bond motifs is 1. The van der Waals surface area contributed by atoms with Crippen molar-refractivity contribution in [3.05, 3.63) is 71.2 Å². The number of hydrogen-bond donors (Lipinski definition) is 1. The van der Waals surface area contributed by atoms with Gasteiger partial charge in [0.05, 0.1) is 23.0 Å². The molecular formula is C19H12O5S. The molecule has 0 saturated heterocycles. The molecule has 0 saturated carbocycles. The molecule has 0 aliphatic heterocycles. The smallest absolute Gasteiger partial charge is 0.337 e. The van der Waals surface area contributed by atoms with E-state index in [1.54, 1.807) is 23.6 Å². The van der Waals surface area contributed by atoms with E-state index in [9.17, 15) is 14.7 Å². The van der Waals surface area contributed by atoms with Crippen LogP contribution in [0.25, 0.3) is 21.4 Å². The van der Waals surface area contributed by atoms with Crippen molar-refractivity contribution in [2.45, 2.75) is 6.42 Å². The molecule has 0 aliphatic rings. The molecule has 0 atom stereocenters. The number of hydrogen-bond acceptors (Lipinski definition) is 5. The first-order valence-electron chi connectivity index (χ1n) is 7.51. The van der Waals surface area contributed by atoms with Gasteiger partial charge in [-0.15, -0.1) is 11.3 Å². The summed E-state index contributed by atoms with van der Waals surface area (Å²) in [5.41, 5.74) is 1.92. The second-order valence-corrected chi connectivity index (χ2v) is 6.41. The van der Waals surface area contributed by atoms with E-state index in [4.69, 9.17) is 8.83 Å². The first kappa shape index (κ1) is 15.4. The van der Waals surface area contributed by atoms with Gasteiger partial charge in [-0.25, -0.2) is 4.79 Å². The highest BCUT2D eigenvalue weighted by atomic mass is 32.1. The molecule has 124 valence electrons. The molecule has 1 aromatic carbocycles. The Kier molecular flexibility index (Phi) is 3.74. The Hall–Kier alpha value is -3.12. The van der Waals surface area contributed by atoms with E-state index in [0.717, 1.165) is 5.39 Å². The number of carbonyl (C=O) groups is 2. The lowest BCUT2D eigenvalue weighted by Crippen LogP contribution is -2.07. The topological polar surface area (TPSA) is 80.7 Å². The number of carboxylic acids is 1. The van der Waals surface area contributed by atoms with Crippen molar-refractivity contribution in [1.29, 1.82) is 0 Å². The summed E-state index contributed by atoms with van der Waals surface area (Å²) in [5, 5.41) is 12.1. The summed E-state index contributed by atoms with van der Waals surface area (Å²) in [4.78, 5) is 24.8. The van der Waals surface area contributed by atoms with Crippen LogP contribution in [-0.2, 0) is 6.42 Å². The van der Waals surface area contributed by atoms with Gasteiger partial charge < -0.3 is 13.9 Å². The average Bonchev–Trinajstić information content (AvgIpc) is 3.32. The lowest BCUT2D eigenvalue weighted by atomic mass is 10.0. The van der Waals surface area contributed by atoms with Gasteiger partial charge in [0.1, 0.15) is 5.58 Å². The Morgan fingerprint density at radius 1 is 1.16 bits per heavy atom. The monoisotopic (exact) mass is 352 g/mol. The van der Waals surface area contributed by atoms with Gasteiger partial charge in [0, 0.05) is 17.4 Å². The molecular weight excluding hydrogens is 340 g/mol. The van der Waals surface area contributed by atoms with Crippen LogP contribution < -0.4 is 0 Å². The number of benzene rings is 1. The van der Waals surface area contributed by atoms with E-state index in [1.165, 1.54) is 23.9 Å². The molecule has 25 heavy (non-hydrogen) atoms. The first-order chi connectivity index (χ1) is 12.1. The lowest BCUT2D eigenvalue weighted by Gasteiger charge is -2.01. The van der Waals surface area contributed by atoms with Crippen LogP contribution in [0, 0.1) is 0 Å². The maximum Gasteiger partial charge on any atom is 0.337 e. The maximum atomic E-state index is 12.6. The minimum Gasteiger partial charge on any atom is -0.478 e. The van der Waals surface area contributed by atoms with Crippen LogP contribution in [-0.4, -0.2) is 16.9 Å². The normalized spacial score (nSPS) is 11.0. The zero-order valence-corrected chi connectivity index (χ0v) is 13.7. The molecule has 0 aliphatic carbocycles. The average molecular weight is 352 g/mol. The summed E-state index contributed by atoms with van der Waals surface area (Å²) >= 11 is 1.28. The summed E-state index contributed by atoms with van der Waals surface area (Å²) in [5.74, 6) is -1.09. The van der Waals surface area contributed by atoms with E-state index in [-0.39, 0.29) is 23.5 Å². The second kappa shape index (κ2) is 6.07. The van der Waals surface area contributed by atoms with Crippen molar-refractivity contribution in [2.24, 2.45) is 0 Å². The number of carboxylic acid groups (broad SMARTS) is 1. The number of para-hydroxylation sites is 1. The Morgan fingerprint density at radius 2 is 2.00 bits per heavy atom. The highest BCUT2D eigenvalue weighted by Gasteiger charge is 2.23. The lowest BCUT2D eigenvalue weighted by molar-refractivity contribution is 0.0697. The van der Waals surface area contributed by atoms with Crippen molar-refractivity contribution in [3.8, 4) is 10.4 Å². The molecule has 0 fully saturated rings. The van der Waals surface area contributed by atoms with Gasteiger partial charge in [0.15, 0.2) is 5.76 Å². The number of Topliss-reactive ketones (excluding diaryl/α,β-unsaturated/α-hetero) is 1. The predicted molar refractivity (Wildman–Crippen MR) is 93.2 cm³/mol. The molecule has 0 amide bonds. The van der Waals surface area contributed by atoms with Crippen LogP contribution in [0.4, 0.5) is 0 Å². The van der Waals surface area contributed by atoms with Gasteiger partial charge in [-0.05, 0) is 29.1 Å². The number of furan rings is 2. The van der Waals surface area contributed by atoms with E-state index in [2.05, 4.69) is 0 Å². The third-order valence-electron chi connectivity index (χ3n) is 3.92. The van der Waals surface area contributed by atoms with Crippen LogP contribution in [0.5, 0.6) is 0 Å². The third-order valence-corrected chi connectivity index (χ3v) is 4.99. The van der Waals surface area contributed by atoms with Crippen molar-refractivity contribution < 1.29 is 23.5 Å². The van der Waals surface area contributed by atoms with Gasteiger partial charge in [-0.2, -0.15) is 0 Å². The van der Waals surface area contributed by atoms with Gasteiger partial charge in [-0.3, -0.25) is 4.79 Å². The van der Waals surface area contributed by atoms with Crippen LogP contribution >= 0.6 is 11.3 Å². The zero-order valence-electron chi connectivity index (χ0n) is 12.9. The number of carbonyl (C=O) groups excluding carboxylic acids is 1. The highest BCUT2D eigenvalue weighted by Crippen LogP contribution is 2.34. The predicted octanol–water partition coefficient (Wildman–Crippen LogP) is 4.88. The molecule has 6 heteroatoms. The zero-order chi connectivity index (χ0) is 17.4. The molecule has 0 bridgehead atoms. The Labute approximate surface area is 146 Å². The van der Waals surface area contributed by atoms with Crippen LogP contribution in [0.15, 0.2) is 63.1 Å². The number of thiophene rings is 1. The summed E-state index contributed by atoms with van der Waals surface area (Å²) in [6.45, 7) is 0. The van der Waals surface area contributed by atoms with Crippen molar-refractivity contribution in [2.75, 3.05) is 0 Å². The Balaban J connectivity index is 1.68. The molecule has 3 aromatic heterocycles. The van der Waals surface area contributed by atoms with E-state index < -0.39 is 5.97 Å². The summed E-state index contributed by atoms with van der Waals surface area (Å²) in [7, 11) is 0. The van der Waals surface area contributed by atoms with Gasteiger partial charge in [0.2, 0.25) is 5.78 Å². The van der Waals surface area contributed by atoms with E-state index >= 15 is 0 Å². The van der Waals surface area contributed by atoms with Crippen LogP contribution in [0.3, 0.4) is 0 Å². The van der Waals surface area contributed by atoms with E-state index in [0.29, 0.717) is 21.6 Å². The minimum absolute atomic E-state index is 0.0319. The molecule has 1 N–H and O–H groups in total. The fourth-order valence-corrected chi connectivity index (χ4v) is 3.79. The molecule has 3 heterocycles. The Bertz CT molecular complexity index is 1040. The molecule has 4 rings (SSSR count). The molecule has 0 radical (unpaired) electrons. The van der Waals surface area contributed by atoms with Crippen molar-refractivity contribution in [1.82, 2.24) is 0 Å². The van der Waals surface area contributed by atoms with Gasteiger partial charge >= 0.3 is 5.97 Å². The second-order valence-electron chi connectivity index (χ2n) is 5.53. The standard InChI is InChI=1S/C19H12O5S/c20-14(16-8-11-3-1-2-4-15(11)24-16)7-13-10-25-18(17(13)19(21)22)12-5-6-23-9-12/h1-6,8-10H,7H2,(H,21,22). The molecule has 5 nitrogen and oxygen atoms in total. The van der Waals surface area contributed by atoms with Crippen LogP contribution in [0.1, 0.15) is 26.5 Å². The third kappa shape index (κ3) is 2.77. The van der Waals surface area contributed by atoms with Crippen molar-refractivity contribution >= 4 is 34.1 Å². The number of ketones is 1. The molecule has 4 aromatic rings. The van der Waals surface area contributed by atoms with Crippen molar-refractivity contribution in [3.63, 3.8) is 0 Å². The molecule has 0 spiro atoms. The number of aromatic carboxylic acids is 1. The quantitative estimate of drug-likeness (QED) is 0.518. The largest absolute Gasteiger partial charge is 0.478 e. The fourth-order valence-electron chi connectivity index (χ4n) is 2.74. The minimum atomic E-state index is -1.06. The first-order valence-corrected chi connectivity index (χ1v) is 8.39. The molecule has 0 unspecified atom stereocenters.